The van der Waals surface area contributed by atoms with Crippen LogP contribution in [0.1, 0.15) is 32.3 Å². The third-order valence-electron chi connectivity index (χ3n) is 4.82. The van der Waals surface area contributed by atoms with Crippen molar-refractivity contribution in [1.29, 1.82) is 0 Å². The summed E-state index contributed by atoms with van der Waals surface area (Å²) in [6.45, 7) is 6.25. The number of hydrogen-bond donors (Lipinski definition) is 0. The molecule has 4 nitrogen and oxygen atoms in total. The van der Waals surface area contributed by atoms with Gasteiger partial charge in [-0.1, -0.05) is 37.6 Å². The average Bonchev–Trinajstić information content (AvgIpc) is 3.00. The highest BCUT2D eigenvalue weighted by Gasteiger charge is 2.23. The molecule has 0 spiro atoms. The van der Waals surface area contributed by atoms with Crippen LogP contribution in [-0.2, 0) is 10.0 Å². The Morgan fingerprint density at radius 1 is 1.04 bits per heavy atom. The molecule has 0 amide bonds. The summed E-state index contributed by atoms with van der Waals surface area (Å²) < 4.78 is 28.1. The van der Waals surface area contributed by atoms with Gasteiger partial charge in [0.25, 0.3) is 10.0 Å². The Morgan fingerprint density at radius 3 is 2.25 bits per heavy atom. The first-order valence-electron chi connectivity index (χ1n) is 9.10. The SMILES string of the molecule is CC(C)c1ccc(S(=O)(=O)n2cc(SC(C)N(C)C)c3cc(Cl)ccc32)cc1. The molecule has 2 aromatic carbocycles. The van der Waals surface area contributed by atoms with Crippen molar-refractivity contribution in [3.63, 3.8) is 0 Å². The quantitative estimate of drug-likeness (QED) is 0.369. The van der Waals surface area contributed by atoms with Crippen molar-refractivity contribution in [2.75, 3.05) is 14.1 Å². The van der Waals surface area contributed by atoms with Crippen LogP contribution in [0.15, 0.2) is 58.5 Å². The summed E-state index contributed by atoms with van der Waals surface area (Å²) in [6.07, 6.45) is 1.71. The normalized spacial score (nSPS) is 13.6. The van der Waals surface area contributed by atoms with Crippen LogP contribution in [0, 0.1) is 0 Å². The van der Waals surface area contributed by atoms with E-state index in [1.165, 1.54) is 3.97 Å². The first-order chi connectivity index (χ1) is 13.1. The molecule has 7 heteroatoms. The van der Waals surface area contributed by atoms with Gasteiger partial charge in [-0.05, 0) is 62.8 Å². The fourth-order valence-electron chi connectivity index (χ4n) is 2.86. The van der Waals surface area contributed by atoms with E-state index in [0.717, 1.165) is 15.8 Å². The molecular formula is C21H25ClN2O2S2. The first kappa shape index (κ1) is 21.2. The Hall–Kier alpha value is -1.47. The van der Waals surface area contributed by atoms with Gasteiger partial charge < -0.3 is 0 Å². The second kappa shape index (κ2) is 8.11. The van der Waals surface area contributed by atoms with Gasteiger partial charge in [0.05, 0.1) is 15.8 Å². The zero-order chi connectivity index (χ0) is 20.6. The summed E-state index contributed by atoms with van der Waals surface area (Å²) in [5, 5.41) is 1.61. The number of benzene rings is 2. The van der Waals surface area contributed by atoms with Gasteiger partial charge in [-0.2, -0.15) is 0 Å². The van der Waals surface area contributed by atoms with E-state index in [0.29, 0.717) is 16.5 Å². The van der Waals surface area contributed by atoms with Gasteiger partial charge >= 0.3 is 0 Å². The minimum Gasteiger partial charge on any atom is -0.298 e. The minimum atomic E-state index is -3.71. The molecule has 1 aromatic heterocycles. The van der Waals surface area contributed by atoms with E-state index in [1.807, 2.05) is 32.3 Å². The second-order valence-electron chi connectivity index (χ2n) is 7.36. The van der Waals surface area contributed by atoms with Crippen molar-refractivity contribution < 1.29 is 8.42 Å². The molecule has 1 atom stereocenters. The van der Waals surface area contributed by atoms with Crippen LogP contribution in [0.25, 0.3) is 10.9 Å². The van der Waals surface area contributed by atoms with Crippen molar-refractivity contribution in [2.24, 2.45) is 0 Å². The fraction of sp³-hybridized carbons (Fsp3) is 0.333. The van der Waals surface area contributed by atoms with E-state index in [2.05, 4.69) is 25.7 Å². The van der Waals surface area contributed by atoms with E-state index in [4.69, 9.17) is 11.6 Å². The minimum absolute atomic E-state index is 0.186. The Balaban J connectivity index is 2.13. The summed E-state index contributed by atoms with van der Waals surface area (Å²) in [6, 6.07) is 12.4. The Kier molecular flexibility index (Phi) is 6.15. The van der Waals surface area contributed by atoms with E-state index in [1.54, 1.807) is 42.2 Å². The van der Waals surface area contributed by atoms with Crippen molar-refractivity contribution in [3.8, 4) is 0 Å². The van der Waals surface area contributed by atoms with E-state index < -0.39 is 10.0 Å². The smallest absolute Gasteiger partial charge is 0.268 e. The molecule has 0 radical (unpaired) electrons. The van der Waals surface area contributed by atoms with E-state index in [9.17, 15) is 8.42 Å². The van der Waals surface area contributed by atoms with Gasteiger partial charge in [-0.25, -0.2) is 12.4 Å². The molecule has 0 aliphatic rings. The maximum absolute atomic E-state index is 13.4. The Morgan fingerprint density at radius 2 is 1.68 bits per heavy atom. The molecule has 28 heavy (non-hydrogen) atoms. The van der Waals surface area contributed by atoms with E-state index in [-0.39, 0.29) is 10.3 Å². The molecule has 1 heterocycles. The first-order valence-corrected chi connectivity index (χ1v) is 11.8. The van der Waals surface area contributed by atoms with Crippen LogP contribution in [0.3, 0.4) is 0 Å². The molecular weight excluding hydrogens is 412 g/mol. The van der Waals surface area contributed by atoms with Gasteiger partial charge in [0.2, 0.25) is 0 Å². The highest BCUT2D eigenvalue weighted by atomic mass is 35.5. The molecule has 3 rings (SSSR count). The number of fused-ring (bicyclic) bond motifs is 1. The van der Waals surface area contributed by atoms with Crippen LogP contribution < -0.4 is 0 Å². The Labute approximate surface area is 176 Å². The number of thioether (sulfide) groups is 1. The molecule has 0 saturated carbocycles. The number of halogens is 1. The Bertz CT molecular complexity index is 1090. The molecule has 0 bridgehead atoms. The third-order valence-corrected chi connectivity index (χ3v) is 8.09. The predicted molar refractivity (Wildman–Crippen MR) is 119 cm³/mol. The molecule has 0 N–H and O–H groups in total. The molecule has 1 unspecified atom stereocenters. The van der Waals surface area contributed by atoms with Crippen LogP contribution in [0.2, 0.25) is 5.02 Å². The van der Waals surface area contributed by atoms with Gasteiger partial charge in [-0.15, -0.1) is 11.8 Å². The van der Waals surface area contributed by atoms with Crippen molar-refractivity contribution in [3.05, 3.63) is 59.2 Å². The van der Waals surface area contributed by atoms with Crippen LogP contribution in [-0.4, -0.2) is 36.8 Å². The number of hydrogen-bond acceptors (Lipinski definition) is 4. The van der Waals surface area contributed by atoms with Gasteiger partial charge in [0, 0.05) is 21.5 Å². The second-order valence-corrected chi connectivity index (χ2v) is 11.0. The summed E-state index contributed by atoms with van der Waals surface area (Å²) in [4.78, 5) is 3.25. The lowest BCUT2D eigenvalue weighted by Gasteiger charge is -2.18. The number of nitrogens with zero attached hydrogens (tertiary/aromatic N) is 2. The maximum Gasteiger partial charge on any atom is 0.268 e. The third kappa shape index (κ3) is 4.10. The predicted octanol–water partition coefficient (Wildman–Crippen LogP) is 5.65. The van der Waals surface area contributed by atoms with Crippen LogP contribution >= 0.6 is 23.4 Å². The largest absolute Gasteiger partial charge is 0.298 e. The standard InChI is InChI=1S/C21H25ClN2O2S2/c1-14(2)16-6-9-18(10-7-16)28(25,26)24-13-21(27-15(3)23(4)5)19-12-17(22)8-11-20(19)24/h6-15H,1-5H3. The number of aromatic nitrogens is 1. The monoisotopic (exact) mass is 436 g/mol. The van der Waals surface area contributed by atoms with Crippen molar-refractivity contribution >= 4 is 44.3 Å². The highest BCUT2D eigenvalue weighted by Crippen LogP contribution is 2.36. The molecule has 150 valence electrons. The van der Waals surface area contributed by atoms with Crippen molar-refractivity contribution in [2.45, 2.75) is 41.9 Å². The molecule has 0 fully saturated rings. The fourth-order valence-corrected chi connectivity index (χ4v) is 5.51. The van der Waals surface area contributed by atoms with Gasteiger partial charge in [0.1, 0.15) is 0 Å². The lowest BCUT2D eigenvalue weighted by atomic mass is 10.0. The summed E-state index contributed by atoms with van der Waals surface area (Å²) >= 11 is 7.81. The number of rotatable bonds is 6. The molecule has 3 aromatic rings. The van der Waals surface area contributed by atoms with Crippen LogP contribution in [0.4, 0.5) is 0 Å². The molecule has 0 aliphatic carbocycles. The van der Waals surface area contributed by atoms with Gasteiger partial charge in [0.15, 0.2) is 0 Å². The summed E-state index contributed by atoms with van der Waals surface area (Å²) in [7, 11) is 0.284. The van der Waals surface area contributed by atoms with Gasteiger partial charge in [-0.3, -0.25) is 4.90 Å². The zero-order valence-corrected chi connectivity index (χ0v) is 19.1. The maximum atomic E-state index is 13.4. The average molecular weight is 437 g/mol. The lowest BCUT2D eigenvalue weighted by molar-refractivity contribution is 0.402. The van der Waals surface area contributed by atoms with E-state index >= 15 is 0 Å². The zero-order valence-electron chi connectivity index (χ0n) is 16.7. The summed E-state index contributed by atoms with van der Waals surface area (Å²) in [5.74, 6) is 0.349. The highest BCUT2D eigenvalue weighted by molar-refractivity contribution is 8.00. The molecule has 0 aliphatic heterocycles. The van der Waals surface area contributed by atoms with Crippen LogP contribution in [0.5, 0.6) is 0 Å². The van der Waals surface area contributed by atoms with Crippen molar-refractivity contribution in [1.82, 2.24) is 8.87 Å². The summed E-state index contributed by atoms with van der Waals surface area (Å²) in [5.41, 5.74) is 1.74. The lowest BCUT2D eigenvalue weighted by Crippen LogP contribution is -2.20. The topological polar surface area (TPSA) is 42.3 Å². The molecule has 0 saturated heterocycles.